The van der Waals surface area contributed by atoms with Gasteiger partial charge in [0.2, 0.25) is 0 Å². The molecule has 0 fully saturated rings. The minimum atomic E-state index is -0.0938. The Kier molecular flexibility index (Phi) is 3.19. The summed E-state index contributed by atoms with van der Waals surface area (Å²) in [6.07, 6.45) is 4.38. The highest BCUT2D eigenvalue weighted by molar-refractivity contribution is 5.14. The molecule has 1 heterocycles. The lowest BCUT2D eigenvalue weighted by Gasteiger charge is -2.17. The SMILES string of the molecule is CCC(N)C(N)c1cccnc1. The highest BCUT2D eigenvalue weighted by atomic mass is 14.8. The molecule has 3 nitrogen and oxygen atoms in total. The molecule has 0 saturated carbocycles. The molecule has 0 radical (unpaired) electrons. The lowest BCUT2D eigenvalue weighted by atomic mass is 10.0. The van der Waals surface area contributed by atoms with E-state index in [-0.39, 0.29) is 12.1 Å². The molecule has 0 bridgehead atoms. The summed E-state index contributed by atoms with van der Waals surface area (Å²) in [7, 11) is 0. The van der Waals surface area contributed by atoms with Crippen LogP contribution in [-0.4, -0.2) is 11.0 Å². The molecule has 12 heavy (non-hydrogen) atoms. The van der Waals surface area contributed by atoms with Gasteiger partial charge in [0.15, 0.2) is 0 Å². The molecule has 1 aromatic rings. The van der Waals surface area contributed by atoms with Crippen LogP contribution in [0.4, 0.5) is 0 Å². The van der Waals surface area contributed by atoms with Crippen molar-refractivity contribution >= 4 is 0 Å². The van der Waals surface area contributed by atoms with Gasteiger partial charge < -0.3 is 11.5 Å². The molecule has 66 valence electrons. The molecule has 2 atom stereocenters. The van der Waals surface area contributed by atoms with Gasteiger partial charge in [0.05, 0.1) is 0 Å². The second-order valence-electron chi connectivity index (χ2n) is 2.88. The van der Waals surface area contributed by atoms with Crippen LogP contribution in [0.25, 0.3) is 0 Å². The van der Waals surface area contributed by atoms with Gasteiger partial charge in [0.1, 0.15) is 0 Å². The Morgan fingerprint density at radius 2 is 2.25 bits per heavy atom. The van der Waals surface area contributed by atoms with E-state index >= 15 is 0 Å². The standard InChI is InChI=1S/C9H15N3/c1-2-8(10)9(11)7-4-3-5-12-6-7/h3-6,8-9H,2,10-11H2,1H3. The first-order chi connectivity index (χ1) is 5.75. The Balaban J connectivity index is 2.71. The van der Waals surface area contributed by atoms with Crippen molar-refractivity contribution in [2.75, 3.05) is 0 Å². The summed E-state index contributed by atoms with van der Waals surface area (Å²) in [5.41, 5.74) is 12.7. The van der Waals surface area contributed by atoms with Gasteiger partial charge in [-0.2, -0.15) is 0 Å². The fourth-order valence-electron chi connectivity index (χ4n) is 1.07. The number of nitrogens with zero attached hydrogens (tertiary/aromatic N) is 1. The van der Waals surface area contributed by atoms with Crippen LogP contribution in [-0.2, 0) is 0 Å². The normalized spacial score (nSPS) is 15.6. The molecule has 4 N–H and O–H groups in total. The lowest BCUT2D eigenvalue weighted by Crippen LogP contribution is -2.33. The summed E-state index contributed by atoms with van der Waals surface area (Å²) in [5, 5.41) is 0. The largest absolute Gasteiger partial charge is 0.326 e. The third-order valence-electron chi connectivity index (χ3n) is 2.00. The van der Waals surface area contributed by atoms with Gasteiger partial charge in [-0.1, -0.05) is 13.0 Å². The molecular formula is C9H15N3. The van der Waals surface area contributed by atoms with Crippen molar-refractivity contribution in [2.24, 2.45) is 11.5 Å². The van der Waals surface area contributed by atoms with Crippen LogP contribution in [0.1, 0.15) is 24.9 Å². The molecule has 0 aromatic carbocycles. The van der Waals surface area contributed by atoms with Gasteiger partial charge >= 0.3 is 0 Å². The first-order valence-corrected chi connectivity index (χ1v) is 4.16. The fraction of sp³-hybridized carbons (Fsp3) is 0.444. The molecule has 2 unspecified atom stereocenters. The first kappa shape index (κ1) is 9.16. The van der Waals surface area contributed by atoms with Crippen molar-refractivity contribution < 1.29 is 0 Å². The third kappa shape index (κ3) is 2.03. The van der Waals surface area contributed by atoms with E-state index in [0.29, 0.717) is 0 Å². The van der Waals surface area contributed by atoms with Crippen LogP contribution in [0, 0.1) is 0 Å². The van der Waals surface area contributed by atoms with Crippen molar-refractivity contribution in [3.8, 4) is 0 Å². The quantitative estimate of drug-likeness (QED) is 0.697. The Labute approximate surface area is 72.8 Å². The molecule has 0 spiro atoms. The first-order valence-electron chi connectivity index (χ1n) is 4.16. The molecule has 0 amide bonds. The molecule has 1 aromatic heterocycles. The summed E-state index contributed by atoms with van der Waals surface area (Å²) < 4.78 is 0. The smallest absolute Gasteiger partial charge is 0.0463 e. The number of nitrogens with two attached hydrogens (primary N) is 2. The maximum absolute atomic E-state index is 5.88. The van der Waals surface area contributed by atoms with Crippen LogP contribution < -0.4 is 11.5 Å². The Hall–Kier alpha value is -0.930. The van der Waals surface area contributed by atoms with Crippen molar-refractivity contribution in [1.82, 2.24) is 4.98 Å². The van der Waals surface area contributed by atoms with Crippen molar-refractivity contribution in [3.63, 3.8) is 0 Å². The Morgan fingerprint density at radius 3 is 2.75 bits per heavy atom. The maximum Gasteiger partial charge on any atom is 0.0463 e. The zero-order valence-corrected chi connectivity index (χ0v) is 7.27. The predicted octanol–water partition coefficient (Wildman–Crippen LogP) is 0.819. The average molecular weight is 165 g/mol. The second kappa shape index (κ2) is 4.18. The Morgan fingerprint density at radius 1 is 1.50 bits per heavy atom. The zero-order chi connectivity index (χ0) is 8.97. The predicted molar refractivity (Wildman–Crippen MR) is 49.4 cm³/mol. The Bertz CT molecular complexity index is 222. The van der Waals surface area contributed by atoms with Gasteiger partial charge in [-0.05, 0) is 18.1 Å². The third-order valence-corrected chi connectivity index (χ3v) is 2.00. The highest BCUT2D eigenvalue weighted by Crippen LogP contribution is 2.12. The number of rotatable bonds is 3. The van der Waals surface area contributed by atoms with Crippen LogP contribution in [0.5, 0.6) is 0 Å². The van der Waals surface area contributed by atoms with E-state index in [9.17, 15) is 0 Å². The van der Waals surface area contributed by atoms with Crippen molar-refractivity contribution in [2.45, 2.75) is 25.4 Å². The van der Waals surface area contributed by atoms with E-state index in [2.05, 4.69) is 4.98 Å². The minimum absolute atomic E-state index is 0.0224. The monoisotopic (exact) mass is 165 g/mol. The van der Waals surface area contributed by atoms with Crippen molar-refractivity contribution in [1.29, 1.82) is 0 Å². The lowest BCUT2D eigenvalue weighted by molar-refractivity contribution is 0.531. The van der Waals surface area contributed by atoms with Gasteiger partial charge in [-0.15, -0.1) is 0 Å². The summed E-state index contributed by atoms with van der Waals surface area (Å²) in [5.74, 6) is 0. The van der Waals surface area contributed by atoms with Crippen LogP contribution in [0.3, 0.4) is 0 Å². The van der Waals surface area contributed by atoms with Crippen LogP contribution in [0.15, 0.2) is 24.5 Å². The summed E-state index contributed by atoms with van der Waals surface area (Å²) >= 11 is 0. The van der Waals surface area contributed by atoms with E-state index in [1.54, 1.807) is 12.4 Å². The summed E-state index contributed by atoms with van der Waals surface area (Å²) in [6.45, 7) is 2.03. The van der Waals surface area contributed by atoms with Gasteiger partial charge in [-0.25, -0.2) is 0 Å². The second-order valence-corrected chi connectivity index (χ2v) is 2.88. The number of aromatic nitrogens is 1. The van der Waals surface area contributed by atoms with Gasteiger partial charge in [0.25, 0.3) is 0 Å². The van der Waals surface area contributed by atoms with E-state index < -0.39 is 0 Å². The van der Waals surface area contributed by atoms with Crippen molar-refractivity contribution in [3.05, 3.63) is 30.1 Å². The molecule has 0 aliphatic heterocycles. The molecule has 1 rings (SSSR count). The van der Waals surface area contributed by atoms with Crippen LogP contribution in [0.2, 0.25) is 0 Å². The minimum Gasteiger partial charge on any atom is -0.326 e. The highest BCUT2D eigenvalue weighted by Gasteiger charge is 2.12. The van der Waals surface area contributed by atoms with E-state index in [1.807, 2.05) is 19.1 Å². The van der Waals surface area contributed by atoms with Gasteiger partial charge in [0, 0.05) is 24.5 Å². The molecular weight excluding hydrogens is 150 g/mol. The fourth-order valence-corrected chi connectivity index (χ4v) is 1.07. The van der Waals surface area contributed by atoms with E-state index in [0.717, 1.165) is 12.0 Å². The van der Waals surface area contributed by atoms with Crippen LogP contribution >= 0.6 is 0 Å². The topological polar surface area (TPSA) is 64.9 Å². The number of hydrogen-bond acceptors (Lipinski definition) is 3. The van der Waals surface area contributed by atoms with Gasteiger partial charge in [-0.3, -0.25) is 4.98 Å². The molecule has 0 aliphatic rings. The molecule has 3 heteroatoms. The maximum atomic E-state index is 5.88. The number of hydrogen-bond donors (Lipinski definition) is 2. The van der Waals surface area contributed by atoms with E-state index in [1.165, 1.54) is 0 Å². The average Bonchev–Trinajstić information content (AvgIpc) is 2.17. The van der Waals surface area contributed by atoms with E-state index in [4.69, 9.17) is 11.5 Å². The summed E-state index contributed by atoms with van der Waals surface area (Å²) in [4.78, 5) is 3.99. The zero-order valence-electron chi connectivity index (χ0n) is 7.27. The number of pyridine rings is 1. The molecule has 0 saturated heterocycles. The molecule has 0 aliphatic carbocycles. The summed E-state index contributed by atoms with van der Waals surface area (Å²) in [6, 6.07) is 3.75.